The van der Waals surface area contributed by atoms with Gasteiger partial charge in [0.1, 0.15) is 11.4 Å². The van der Waals surface area contributed by atoms with Crippen LogP contribution in [0.25, 0.3) is 0 Å². The van der Waals surface area contributed by atoms with Crippen LogP contribution in [0.5, 0.6) is 0 Å². The standard InChI is InChI=1S/C21H26F3N5O4/c1-4-28-19(32)17(15(30)10-27(12(2)3)11-16(25)31)18(26)29(20(28)33)9-13-5-7-14(8-6-13)21(22,23)24/h5-8,12H,4,9-11,26H2,1-3H3,(H2,25,31). The molecule has 1 aromatic carbocycles. The molecule has 0 unspecified atom stereocenters. The van der Waals surface area contributed by atoms with E-state index in [1.807, 2.05) is 0 Å². The number of amides is 1. The molecule has 33 heavy (non-hydrogen) atoms. The number of alkyl halides is 3. The van der Waals surface area contributed by atoms with E-state index < -0.39 is 46.1 Å². The first-order chi connectivity index (χ1) is 15.3. The highest BCUT2D eigenvalue weighted by Gasteiger charge is 2.30. The van der Waals surface area contributed by atoms with Crippen LogP contribution in [0.1, 0.15) is 42.3 Å². The van der Waals surface area contributed by atoms with Gasteiger partial charge in [-0.05, 0) is 38.5 Å². The molecule has 0 radical (unpaired) electrons. The van der Waals surface area contributed by atoms with E-state index in [2.05, 4.69) is 0 Å². The van der Waals surface area contributed by atoms with Crippen molar-refractivity contribution < 1.29 is 22.8 Å². The largest absolute Gasteiger partial charge is 0.416 e. The number of carbonyl (C=O) groups excluding carboxylic acids is 2. The van der Waals surface area contributed by atoms with Gasteiger partial charge >= 0.3 is 11.9 Å². The van der Waals surface area contributed by atoms with Crippen LogP contribution in [0.3, 0.4) is 0 Å². The molecule has 1 aromatic heterocycles. The highest BCUT2D eigenvalue weighted by Crippen LogP contribution is 2.29. The third-order valence-corrected chi connectivity index (χ3v) is 5.12. The van der Waals surface area contributed by atoms with Gasteiger partial charge in [0, 0.05) is 12.6 Å². The molecule has 0 fully saturated rings. The number of benzene rings is 1. The molecule has 1 heterocycles. The number of nitrogens with zero attached hydrogens (tertiary/aromatic N) is 3. The van der Waals surface area contributed by atoms with Crippen molar-refractivity contribution in [1.82, 2.24) is 14.0 Å². The van der Waals surface area contributed by atoms with Crippen LogP contribution < -0.4 is 22.7 Å². The maximum absolute atomic E-state index is 13.0. The number of rotatable bonds is 9. The maximum Gasteiger partial charge on any atom is 0.416 e. The van der Waals surface area contributed by atoms with Crippen molar-refractivity contribution >= 4 is 17.5 Å². The Hall–Kier alpha value is -3.41. The van der Waals surface area contributed by atoms with Crippen molar-refractivity contribution in [3.63, 3.8) is 0 Å². The van der Waals surface area contributed by atoms with Crippen molar-refractivity contribution in [2.45, 2.75) is 46.1 Å². The Morgan fingerprint density at radius 2 is 1.64 bits per heavy atom. The fourth-order valence-corrected chi connectivity index (χ4v) is 3.28. The summed E-state index contributed by atoms with van der Waals surface area (Å²) in [6.45, 7) is 4.12. The van der Waals surface area contributed by atoms with Crippen LogP contribution in [0.2, 0.25) is 0 Å². The quantitative estimate of drug-likeness (QED) is 0.528. The lowest BCUT2D eigenvalue weighted by Gasteiger charge is -2.24. The molecule has 0 saturated heterocycles. The third kappa shape index (κ3) is 5.89. The Bertz CT molecular complexity index is 1150. The van der Waals surface area contributed by atoms with Gasteiger partial charge in [0.05, 0.1) is 25.2 Å². The van der Waals surface area contributed by atoms with E-state index in [1.165, 1.54) is 24.0 Å². The molecule has 2 rings (SSSR count). The minimum atomic E-state index is -4.52. The third-order valence-electron chi connectivity index (χ3n) is 5.12. The molecular formula is C21H26F3N5O4. The topological polar surface area (TPSA) is 133 Å². The van der Waals surface area contributed by atoms with Gasteiger partial charge in [-0.25, -0.2) is 4.79 Å². The summed E-state index contributed by atoms with van der Waals surface area (Å²) in [7, 11) is 0. The van der Waals surface area contributed by atoms with E-state index in [4.69, 9.17) is 11.5 Å². The SMILES string of the molecule is CCn1c(=O)c(C(=O)CN(CC(N)=O)C(C)C)c(N)n(Cc2ccc(C(F)(F)F)cc2)c1=O. The average molecular weight is 469 g/mol. The fraction of sp³-hybridized carbons (Fsp3) is 0.429. The Morgan fingerprint density at radius 1 is 1.06 bits per heavy atom. The van der Waals surface area contributed by atoms with Gasteiger partial charge in [0.25, 0.3) is 5.56 Å². The Kier molecular flexibility index (Phi) is 7.85. The number of Topliss-reactive ketones (excluding diaryl/α,β-unsaturated/α-hetero) is 1. The predicted octanol–water partition coefficient (Wildman–Crippen LogP) is 1.06. The molecular weight excluding hydrogens is 443 g/mol. The van der Waals surface area contributed by atoms with Crippen LogP contribution in [-0.2, 0) is 24.1 Å². The molecule has 0 aliphatic carbocycles. The second kappa shape index (κ2) is 10.0. The van der Waals surface area contributed by atoms with Crippen LogP contribution in [0, 0.1) is 0 Å². The van der Waals surface area contributed by atoms with E-state index in [0.29, 0.717) is 5.56 Å². The summed E-state index contributed by atoms with van der Waals surface area (Å²) in [5, 5.41) is 0. The van der Waals surface area contributed by atoms with Gasteiger partial charge in [-0.2, -0.15) is 13.2 Å². The number of halogens is 3. The number of hydrogen-bond donors (Lipinski definition) is 2. The number of ketones is 1. The van der Waals surface area contributed by atoms with E-state index in [1.54, 1.807) is 13.8 Å². The Balaban J connectivity index is 2.53. The lowest BCUT2D eigenvalue weighted by atomic mass is 10.1. The first-order valence-electron chi connectivity index (χ1n) is 10.1. The molecule has 1 amide bonds. The van der Waals surface area contributed by atoms with Gasteiger partial charge in [-0.15, -0.1) is 0 Å². The van der Waals surface area contributed by atoms with E-state index in [9.17, 15) is 32.3 Å². The summed E-state index contributed by atoms with van der Waals surface area (Å²) in [6.07, 6.45) is -4.52. The van der Waals surface area contributed by atoms with Crippen molar-refractivity contribution in [3.05, 3.63) is 61.8 Å². The predicted molar refractivity (Wildman–Crippen MR) is 116 cm³/mol. The average Bonchev–Trinajstić information content (AvgIpc) is 2.70. The first kappa shape index (κ1) is 25.8. The zero-order chi connectivity index (χ0) is 25.1. The number of anilines is 1. The second-order valence-corrected chi connectivity index (χ2v) is 7.76. The lowest BCUT2D eigenvalue weighted by molar-refractivity contribution is -0.137. The highest BCUT2D eigenvalue weighted by molar-refractivity contribution is 6.01. The molecule has 0 aliphatic rings. The zero-order valence-corrected chi connectivity index (χ0v) is 18.5. The van der Waals surface area contributed by atoms with Gasteiger partial charge in [-0.1, -0.05) is 12.1 Å². The number of aromatic nitrogens is 2. The molecule has 180 valence electrons. The van der Waals surface area contributed by atoms with E-state index in [-0.39, 0.29) is 32.2 Å². The number of primary amides is 1. The van der Waals surface area contributed by atoms with Crippen molar-refractivity contribution in [1.29, 1.82) is 0 Å². The first-order valence-corrected chi connectivity index (χ1v) is 10.1. The number of nitrogen functional groups attached to an aromatic ring is 1. The molecule has 2 aromatic rings. The van der Waals surface area contributed by atoms with Crippen LogP contribution >= 0.6 is 0 Å². The summed E-state index contributed by atoms with van der Waals surface area (Å²) < 4.78 is 40.2. The maximum atomic E-state index is 13.0. The molecule has 0 spiro atoms. The van der Waals surface area contributed by atoms with Crippen molar-refractivity contribution in [3.8, 4) is 0 Å². The Labute approximate surface area is 187 Å². The fourth-order valence-electron chi connectivity index (χ4n) is 3.28. The summed E-state index contributed by atoms with van der Waals surface area (Å²) in [5.41, 5.74) is 8.62. The molecule has 4 N–H and O–H groups in total. The summed E-state index contributed by atoms with van der Waals surface area (Å²) in [4.78, 5) is 51.4. The summed E-state index contributed by atoms with van der Waals surface area (Å²) >= 11 is 0. The molecule has 0 saturated carbocycles. The van der Waals surface area contributed by atoms with Crippen LogP contribution in [0.15, 0.2) is 33.9 Å². The van der Waals surface area contributed by atoms with Gasteiger partial charge in [0.15, 0.2) is 5.78 Å². The molecule has 0 bridgehead atoms. The van der Waals surface area contributed by atoms with E-state index >= 15 is 0 Å². The lowest BCUT2D eigenvalue weighted by Crippen LogP contribution is -2.47. The van der Waals surface area contributed by atoms with Crippen molar-refractivity contribution in [2.75, 3.05) is 18.8 Å². The molecule has 9 nitrogen and oxygen atoms in total. The van der Waals surface area contributed by atoms with Crippen LogP contribution in [0.4, 0.5) is 19.0 Å². The van der Waals surface area contributed by atoms with Gasteiger partial charge in [0.2, 0.25) is 5.91 Å². The monoisotopic (exact) mass is 469 g/mol. The highest BCUT2D eigenvalue weighted by atomic mass is 19.4. The number of nitrogens with two attached hydrogens (primary N) is 2. The zero-order valence-electron chi connectivity index (χ0n) is 18.5. The van der Waals surface area contributed by atoms with Crippen LogP contribution in [-0.4, -0.2) is 44.9 Å². The van der Waals surface area contributed by atoms with Gasteiger partial charge in [-0.3, -0.25) is 28.4 Å². The molecule has 0 atom stereocenters. The minimum Gasteiger partial charge on any atom is -0.384 e. The Morgan fingerprint density at radius 3 is 2.09 bits per heavy atom. The second-order valence-electron chi connectivity index (χ2n) is 7.76. The van der Waals surface area contributed by atoms with E-state index in [0.717, 1.165) is 21.3 Å². The number of hydrogen-bond acceptors (Lipinski definition) is 6. The summed E-state index contributed by atoms with van der Waals surface area (Å²) in [6, 6.07) is 3.84. The van der Waals surface area contributed by atoms with Crippen molar-refractivity contribution in [2.24, 2.45) is 5.73 Å². The number of carbonyl (C=O) groups is 2. The molecule has 0 aliphatic heterocycles. The minimum absolute atomic E-state index is 0.0551. The molecule has 12 heteroatoms. The summed E-state index contributed by atoms with van der Waals surface area (Å²) in [5.74, 6) is -1.78. The smallest absolute Gasteiger partial charge is 0.384 e. The normalized spacial score (nSPS) is 11.9. The van der Waals surface area contributed by atoms with Gasteiger partial charge < -0.3 is 11.5 Å².